The van der Waals surface area contributed by atoms with E-state index in [4.69, 9.17) is 10.5 Å². The largest absolute Gasteiger partial charge is 0.375 e. The van der Waals surface area contributed by atoms with E-state index in [1.807, 2.05) is 26.8 Å². The molecule has 118 valence electrons. The third-order valence-corrected chi connectivity index (χ3v) is 6.04. The van der Waals surface area contributed by atoms with Crippen LogP contribution >= 0.6 is 0 Å². The number of hydrogen-bond acceptors (Lipinski definition) is 4. The van der Waals surface area contributed by atoms with Crippen molar-refractivity contribution < 1.29 is 13.2 Å². The maximum absolute atomic E-state index is 12.9. The summed E-state index contributed by atoms with van der Waals surface area (Å²) in [6.45, 7) is 7.41. The van der Waals surface area contributed by atoms with Crippen molar-refractivity contribution in [1.82, 2.24) is 4.31 Å². The van der Waals surface area contributed by atoms with E-state index in [-0.39, 0.29) is 6.10 Å². The quantitative estimate of drug-likeness (QED) is 0.916. The molecule has 1 aliphatic heterocycles. The summed E-state index contributed by atoms with van der Waals surface area (Å²) < 4.78 is 32.8. The molecular weight excluding hydrogens is 288 g/mol. The van der Waals surface area contributed by atoms with Crippen LogP contribution in [0.25, 0.3) is 0 Å². The maximum atomic E-state index is 12.9. The predicted octanol–water partition coefficient (Wildman–Crippen LogP) is 1.56. The molecular formula is C15H24N2O3S. The molecule has 1 atom stereocenters. The van der Waals surface area contributed by atoms with Gasteiger partial charge in [-0.25, -0.2) is 8.42 Å². The van der Waals surface area contributed by atoms with Crippen molar-refractivity contribution in [3.05, 3.63) is 28.8 Å². The van der Waals surface area contributed by atoms with Gasteiger partial charge in [-0.2, -0.15) is 4.31 Å². The standard InChI is InChI=1S/C15H24N2O3S/c1-4-14-10-17(5-6-20-14)21(18,19)15-8-13(9-16)11(2)7-12(15)3/h7-8,14H,4-6,9-10,16H2,1-3H3. The zero-order chi connectivity index (χ0) is 15.6. The monoisotopic (exact) mass is 312 g/mol. The molecule has 0 aromatic heterocycles. The zero-order valence-corrected chi connectivity index (χ0v) is 13.7. The summed E-state index contributed by atoms with van der Waals surface area (Å²) in [6.07, 6.45) is 0.792. The van der Waals surface area contributed by atoms with Crippen LogP contribution in [0.1, 0.15) is 30.0 Å². The Labute approximate surface area is 127 Å². The number of hydrogen-bond donors (Lipinski definition) is 1. The zero-order valence-electron chi connectivity index (χ0n) is 12.9. The fraction of sp³-hybridized carbons (Fsp3) is 0.600. The highest BCUT2D eigenvalue weighted by atomic mass is 32.2. The molecule has 1 heterocycles. The van der Waals surface area contributed by atoms with Gasteiger partial charge in [-0.3, -0.25) is 0 Å². The highest BCUT2D eigenvalue weighted by Crippen LogP contribution is 2.25. The van der Waals surface area contributed by atoms with Gasteiger partial charge < -0.3 is 10.5 Å². The van der Waals surface area contributed by atoms with Crippen molar-refractivity contribution >= 4 is 10.0 Å². The van der Waals surface area contributed by atoms with E-state index in [0.717, 1.165) is 23.1 Å². The molecule has 1 aromatic carbocycles. The molecule has 1 aliphatic rings. The van der Waals surface area contributed by atoms with Gasteiger partial charge in [-0.1, -0.05) is 13.0 Å². The van der Waals surface area contributed by atoms with Crippen LogP contribution in [0.3, 0.4) is 0 Å². The van der Waals surface area contributed by atoms with E-state index >= 15 is 0 Å². The molecule has 0 saturated carbocycles. The van der Waals surface area contributed by atoms with Gasteiger partial charge in [-0.15, -0.1) is 0 Å². The number of rotatable bonds is 4. The van der Waals surface area contributed by atoms with Crippen molar-refractivity contribution in [1.29, 1.82) is 0 Å². The number of ether oxygens (including phenoxy) is 1. The summed E-state index contributed by atoms with van der Waals surface area (Å²) >= 11 is 0. The molecule has 2 N–H and O–H groups in total. The summed E-state index contributed by atoms with van der Waals surface area (Å²) in [6, 6.07) is 3.61. The van der Waals surface area contributed by atoms with Crippen molar-refractivity contribution in [2.24, 2.45) is 5.73 Å². The highest BCUT2D eigenvalue weighted by molar-refractivity contribution is 7.89. The average Bonchev–Trinajstić information content (AvgIpc) is 2.47. The summed E-state index contributed by atoms with van der Waals surface area (Å²) in [5.41, 5.74) is 8.38. The number of nitrogens with two attached hydrogens (primary N) is 1. The minimum Gasteiger partial charge on any atom is -0.375 e. The van der Waals surface area contributed by atoms with Crippen LogP contribution in [0.15, 0.2) is 17.0 Å². The number of nitrogens with zero attached hydrogens (tertiary/aromatic N) is 1. The lowest BCUT2D eigenvalue weighted by Crippen LogP contribution is -2.45. The van der Waals surface area contributed by atoms with Gasteiger partial charge in [0.05, 0.1) is 17.6 Å². The topological polar surface area (TPSA) is 72.6 Å². The van der Waals surface area contributed by atoms with Gasteiger partial charge >= 0.3 is 0 Å². The SMILES string of the molecule is CCC1CN(S(=O)(=O)c2cc(CN)c(C)cc2C)CCO1. The molecule has 0 radical (unpaired) electrons. The molecule has 6 heteroatoms. The molecule has 1 aromatic rings. The fourth-order valence-electron chi connectivity index (χ4n) is 2.67. The van der Waals surface area contributed by atoms with Gasteiger partial charge in [0.2, 0.25) is 10.0 Å². The van der Waals surface area contributed by atoms with Crippen LogP contribution in [0.2, 0.25) is 0 Å². The molecule has 1 unspecified atom stereocenters. The van der Waals surface area contributed by atoms with E-state index in [0.29, 0.717) is 31.1 Å². The van der Waals surface area contributed by atoms with Gasteiger partial charge in [0.15, 0.2) is 0 Å². The molecule has 2 rings (SSSR count). The minimum atomic E-state index is -3.49. The van der Waals surface area contributed by atoms with Gasteiger partial charge in [-0.05, 0) is 43.0 Å². The first-order valence-corrected chi connectivity index (χ1v) is 8.76. The maximum Gasteiger partial charge on any atom is 0.243 e. The Bertz CT molecular complexity index is 614. The second-order valence-electron chi connectivity index (χ2n) is 5.51. The third kappa shape index (κ3) is 3.29. The summed E-state index contributed by atoms with van der Waals surface area (Å²) in [7, 11) is -3.49. The lowest BCUT2D eigenvalue weighted by atomic mass is 10.1. The Balaban J connectivity index is 2.39. The molecule has 21 heavy (non-hydrogen) atoms. The Morgan fingerprint density at radius 3 is 2.67 bits per heavy atom. The lowest BCUT2D eigenvalue weighted by Gasteiger charge is -2.32. The van der Waals surface area contributed by atoms with Gasteiger partial charge in [0, 0.05) is 19.6 Å². The Hall–Kier alpha value is -0.950. The van der Waals surface area contributed by atoms with E-state index in [1.165, 1.54) is 4.31 Å². The minimum absolute atomic E-state index is 0.0201. The lowest BCUT2D eigenvalue weighted by molar-refractivity contribution is -0.00279. The van der Waals surface area contributed by atoms with Crippen LogP contribution in [-0.4, -0.2) is 38.5 Å². The molecule has 0 amide bonds. The average molecular weight is 312 g/mol. The second-order valence-corrected chi connectivity index (χ2v) is 7.42. The van der Waals surface area contributed by atoms with Crippen molar-refractivity contribution in [2.75, 3.05) is 19.7 Å². The Kier molecular flexibility index (Phi) is 5.03. The molecule has 0 bridgehead atoms. The van der Waals surface area contributed by atoms with Crippen LogP contribution in [0.4, 0.5) is 0 Å². The van der Waals surface area contributed by atoms with Crippen LogP contribution in [0.5, 0.6) is 0 Å². The van der Waals surface area contributed by atoms with Crippen LogP contribution < -0.4 is 5.73 Å². The van der Waals surface area contributed by atoms with Crippen LogP contribution in [-0.2, 0) is 21.3 Å². The number of aryl methyl sites for hydroxylation is 2. The first-order chi connectivity index (χ1) is 9.90. The van der Waals surface area contributed by atoms with E-state index in [1.54, 1.807) is 6.07 Å². The van der Waals surface area contributed by atoms with Crippen LogP contribution in [0, 0.1) is 13.8 Å². The molecule has 0 spiro atoms. The van der Waals surface area contributed by atoms with Gasteiger partial charge in [0.1, 0.15) is 0 Å². The van der Waals surface area contributed by atoms with E-state index in [2.05, 4.69) is 0 Å². The normalized spacial score (nSPS) is 20.7. The fourth-order valence-corrected chi connectivity index (χ4v) is 4.38. The molecule has 1 saturated heterocycles. The first kappa shape index (κ1) is 16.4. The predicted molar refractivity (Wildman–Crippen MR) is 82.6 cm³/mol. The van der Waals surface area contributed by atoms with E-state index in [9.17, 15) is 8.42 Å². The van der Waals surface area contributed by atoms with Crippen molar-refractivity contribution in [2.45, 2.75) is 44.7 Å². The summed E-state index contributed by atoms with van der Waals surface area (Å²) in [4.78, 5) is 0.366. The number of sulfonamides is 1. The summed E-state index contributed by atoms with van der Waals surface area (Å²) in [5.74, 6) is 0. The molecule has 1 fully saturated rings. The summed E-state index contributed by atoms with van der Waals surface area (Å²) in [5, 5.41) is 0. The molecule has 0 aliphatic carbocycles. The smallest absolute Gasteiger partial charge is 0.243 e. The van der Waals surface area contributed by atoms with E-state index < -0.39 is 10.0 Å². The second kappa shape index (κ2) is 6.44. The number of morpholine rings is 1. The highest BCUT2D eigenvalue weighted by Gasteiger charge is 2.31. The Morgan fingerprint density at radius 1 is 1.33 bits per heavy atom. The third-order valence-electron chi connectivity index (χ3n) is 4.03. The van der Waals surface area contributed by atoms with Crippen molar-refractivity contribution in [3.63, 3.8) is 0 Å². The first-order valence-electron chi connectivity index (χ1n) is 7.32. The van der Waals surface area contributed by atoms with Crippen molar-refractivity contribution in [3.8, 4) is 0 Å². The van der Waals surface area contributed by atoms with Gasteiger partial charge in [0.25, 0.3) is 0 Å². The number of benzene rings is 1. The molecule has 5 nitrogen and oxygen atoms in total. The Morgan fingerprint density at radius 2 is 2.05 bits per heavy atom.